The molecule has 0 saturated carbocycles. The van der Waals surface area contributed by atoms with Crippen LogP contribution in [0.4, 0.5) is 4.79 Å². The second kappa shape index (κ2) is 9.55. The number of piperazine rings is 1. The van der Waals surface area contributed by atoms with Crippen LogP contribution in [0.5, 0.6) is 0 Å². The molecule has 0 bridgehead atoms. The van der Waals surface area contributed by atoms with Gasteiger partial charge in [0, 0.05) is 39.1 Å². The van der Waals surface area contributed by atoms with E-state index in [2.05, 4.69) is 11.0 Å². The molecule has 1 saturated heterocycles. The van der Waals surface area contributed by atoms with E-state index in [1.165, 1.54) is 0 Å². The maximum atomic E-state index is 11.1. The quantitative estimate of drug-likeness (QED) is 0.545. The largest absolute Gasteiger partial charge is 0.442 e. The van der Waals surface area contributed by atoms with Gasteiger partial charge in [0.25, 0.3) is 0 Å². The van der Waals surface area contributed by atoms with Crippen molar-refractivity contribution in [1.82, 2.24) is 9.91 Å². The molecule has 1 fully saturated rings. The first-order valence-electron chi connectivity index (χ1n) is 7.51. The van der Waals surface area contributed by atoms with Crippen molar-refractivity contribution < 1.29 is 9.53 Å². The van der Waals surface area contributed by atoms with Gasteiger partial charge in [-0.15, -0.1) is 0 Å². The lowest BCUT2D eigenvalue weighted by Gasteiger charge is -2.32. The molecule has 0 spiro atoms. The lowest BCUT2D eigenvalue weighted by molar-refractivity contribution is 0.0930. The number of hydrogen-bond acceptors (Lipinski definition) is 5. The van der Waals surface area contributed by atoms with Crippen molar-refractivity contribution in [2.75, 3.05) is 32.7 Å². The van der Waals surface area contributed by atoms with Crippen molar-refractivity contribution in [3.63, 3.8) is 0 Å². The van der Waals surface area contributed by atoms with Crippen molar-refractivity contribution in [1.29, 1.82) is 0 Å². The predicted octanol–water partition coefficient (Wildman–Crippen LogP) is 1.24. The number of hydrogen-bond donors (Lipinski definition) is 2. The van der Waals surface area contributed by atoms with Crippen LogP contribution in [0.1, 0.15) is 26.7 Å². The maximum absolute atomic E-state index is 11.1. The molecule has 1 unspecified atom stereocenters. The van der Waals surface area contributed by atoms with Gasteiger partial charge in [-0.25, -0.2) is 9.80 Å². The Bertz CT molecular complexity index is 374. The number of amides is 1. The van der Waals surface area contributed by atoms with E-state index in [1.54, 1.807) is 0 Å². The molecule has 1 aliphatic heterocycles. The van der Waals surface area contributed by atoms with Crippen LogP contribution in [-0.2, 0) is 4.74 Å². The number of carbonyl (C=O) groups is 1. The van der Waals surface area contributed by atoms with Crippen molar-refractivity contribution in [3.05, 3.63) is 23.8 Å². The van der Waals surface area contributed by atoms with Crippen molar-refractivity contribution in [3.8, 4) is 0 Å². The van der Waals surface area contributed by atoms with E-state index in [9.17, 15) is 4.79 Å². The van der Waals surface area contributed by atoms with Gasteiger partial charge in [0.15, 0.2) is 0 Å². The summed E-state index contributed by atoms with van der Waals surface area (Å²) in [4.78, 5) is 13.5. The highest BCUT2D eigenvalue weighted by atomic mass is 16.6. The van der Waals surface area contributed by atoms with E-state index in [0.717, 1.165) is 51.1 Å². The molecule has 1 amide bonds. The summed E-state index contributed by atoms with van der Waals surface area (Å²) in [5.74, 6) is 5.75. The molecule has 4 N–H and O–H groups in total. The van der Waals surface area contributed by atoms with Crippen LogP contribution in [0.3, 0.4) is 0 Å². The average molecular weight is 296 g/mol. The lowest BCUT2D eigenvalue weighted by atomic mass is 10.0. The predicted molar refractivity (Wildman–Crippen MR) is 84.5 cm³/mol. The van der Waals surface area contributed by atoms with Crippen LogP contribution in [0.15, 0.2) is 23.8 Å². The van der Waals surface area contributed by atoms with Crippen LogP contribution in [0, 0.1) is 0 Å². The Labute approximate surface area is 127 Å². The highest BCUT2D eigenvalue weighted by Gasteiger charge is 2.20. The second-order valence-electron chi connectivity index (χ2n) is 5.23. The lowest BCUT2D eigenvalue weighted by Crippen LogP contribution is -2.49. The molecule has 0 aromatic carbocycles. The van der Waals surface area contributed by atoms with E-state index in [4.69, 9.17) is 16.3 Å². The molecule has 1 aliphatic rings. The first-order valence-corrected chi connectivity index (χ1v) is 7.51. The van der Waals surface area contributed by atoms with Gasteiger partial charge in [-0.3, -0.25) is 5.84 Å². The summed E-state index contributed by atoms with van der Waals surface area (Å²) in [5, 5.41) is 1.83. The minimum absolute atomic E-state index is 0.250. The van der Waals surface area contributed by atoms with E-state index in [0.29, 0.717) is 0 Å². The Kier molecular flexibility index (Phi) is 8.04. The van der Waals surface area contributed by atoms with Gasteiger partial charge < -0.3 is 15.4 Å². The summed E-state index contributed by atoms with van der Waals surface area (Å²) in [6.07, 6.45) is 6.62. The van der Waals surface area contributed by atoms with Crippen molar-refractivity contribution in [2.24, 2.45) is 11.6 Å². The zero-order valence-corrected chi connectivity index (χ0v) is 13.1. The summed E-state index contributed by atoms with van der Waals surface area (Å²) < 4.78 is 5.29. The summed E-state index contributed by atoms with van der Waals surface area (Å²) in [6.45, 7) is 8.44. The molecule has 0 aromatic rings. The Morgan fingerprint density at radius 3 is 2.48 bits per heavy atom. The first kappa shape index (κ1) is 17.7. The molecule has 1 heterocycles. The van der Waals surface area contributed by atoms with Crippen LogP contribution >= 0.6 is 0 Å². The van der Waals surface area contributed by atoms with Crippen LogP contribution in [0.2, 0.25) is 0 Å². The molecule has 6 heteroatoms. The molecule has 1 atom stereocenters. The van der Waals surface area contributed by atoms with Gasteiger partial charge >= 0.3 is 6.09 Å². The zero-order valence-electron chi connectivity index (χ0n) is 13.1. The fourth-order valence-corrected chi connectivity index (χ4v) is 2.44. The first-order chi connectivity index (χ1) is 10.1. The molecule has 6 nitrogen and oxygen atoms in total. The van der Waals surface area contributed by atoms with E-state index in [-0.39, 0.29) is 6.10 Å². The van der Waals surface area contributed by atoms with Gasteiger partial charge in [0.1, 0.15) is 6.10 Å². The number of nitrogens with two attached hydrogens (primary N) is 2. The third-order valence-corrected chi connectivity index (χ3v) is 3.75. The Balaban J connectivity index is 2.54. The van der Waals surface area contributed by atoms with Crippen molar-refractivity contribution >= 4 is 6.09 Å². The number of carbonyl (C=O) groups excluding carboxylic acids is 1. The number of ether oxygens (including phenoxy) is 1. The minimum Gasteiger partial charge on any atom is -0.442 e. The third kappa shape index (κ3) is 6.75. The van der Waals surface area contributed by atoms with Gasteiger partial charge in [-0.1, -0.05) is 18.2 Å². The summed E-state index contributed by atoms with van der Waals surface area (Å²) in [5.41, 5.74) is 6.29. The number of rotatable bonds is 7. The normalized spacial score (nSPS) is 19.9. The molecular formula is C15H28N4O2. The topological polar surface area (TPSA) is 84.8 Å². The fraction of sp³-hybridized carbons (Fsp3) is 0.667. The van der Waals surface area contributed by atoms with Gasteiger partial charge in [-0.2, -0.15) is 0 Å². The zero-order chi connectivity index (χ0) is 15.7. The Hall–Kier alpha value is -1.37. The van der Waals surface area contributed by atoms with Crippen LogP contribution in [-0.4, -0.2) is 54.8 Å². The van der Waals surface area contributed by atoms with E-state index in [1.807, 2.05) is 31.0 Å². The fourth-order valence-electron chi connectivity index (χ4n) is 2.44. The molecular weight excluding hydrogens is 268 g/mol. The second-order valence-corrected chi connectivity index (χ2v) is 5.23. The van der Waals surface area contributed by atoms with Crippen LogP contribution < -0.4 is 11.6 Å². The molecule has 0 aliphatic carbocycles. The van der Waals surface area contributed by atoms with Gasteiger partial charge in [0.2, 0.25) is 0 Å². The molecule has 0 radical (unpaired) electrons. The third-order valence-electron chi connectivity index (χ3n) is 3.75. The number of allylic oxidation sites excluding steroid dienone is 3. The number of hydrazine groups is 1. The van der Waals surface area contributed by atoms with Crippen LogP contribution in [0.25, 0.3) is 0 Å². The molecule has 21 heavy (non-hydrogen) atoms. The highest BCUT2D eigenvalue weighted by Crippen LogP contribution is 2.17. The molecule has 1 rings (SSSR count). The average Bonchev–Trinajstić information content (AvgIpc) is 2.46. The highest BCUT2D eigenvalue weighted by molar-refractivity contribution is 5.65. The number of nitrogens with zero attached hydrogens (tertiary/aromatic N) is 2. The van der Waals surface area contributed by atoms with Gasteiger partial charge in [0.05, 0.1) is 0 Å². The summed E-state index contributed by atoms with van der Waals surface area (Å²) in [6, 6.07) is 0. The molecule has 0 aromatic heterocycles. The molecule has 120 valence electrons. The number of primary amides is 1. The Morgan fingerprint density at radius 2 is 1.95 bits per heavy atom. The van der Waals surface area contributed by atoms with Gasteiger partial charge in [-0.05, 0) is 25.8 Å². The van der Waals surface area contributed by atoms with E-state index >= 15 is 0 Å². The van der Waals surface area contributed by atoms with Crippen molar-refractivity contribution in [2.45, 2.75) is 32.8 Å². The van der Waals surface area contributed by atoms with E-state index < -0.39 is 6.09 Å². The monoisotopic (exact) mass is 296 g/mol. The SMILES string of the molecule is CC=CC/C(=C\C)C(CCN1CCN(N)CC1)OC(N)=O. The smallest absolute Gasteiger partial charge is 0.405 e. The summed E-state index contributed by atoms with van der Waals surface area (Å²) in [7, 11) is 0. The Morgan fingerprint density at radius 1 is 1.29 bits per heavy atom. The summed E-state index contributed by atoms with van der Waals surface area (Å²) >= 11 is 0. The minimum atomic E-state index is -0.716. The maximum Gasteiger partial charge on any atom is 0.405 e. The standard InChI is InChI=1S/C15H28N4O2/c1-3-5-6-13(4-2)14(21-15(16)20)7-8-18-9-11-19(17)12-10-18/h3-5,14H,6-12,17H2,1-2H3,(H2,16,20)/b5-3?,13-4+.